The first-order valence-corrected chi connectivity index (χ1v) is 8.65. The van der Waals surface area contributed by atoms with Crippen molar-refractivity contribution in [2.75, 3.05) is 13.7 Å². The summed E-state index contributed by atoms with van der Waals surface area (Å²) < 4.78 is 16.4. The summed E-state index contributed by atoms with van der Waals surface area (Å²) in [6.45, 7) is 2.43. The quantitative estimate of drug-likeness (QED) is 0.485. The van der Waals surface area contributed by atoms with Crippen molar-refractivity contribution in [3.8, 4) is 11.5 Å². The van der Waals surface area contributed by atoms with Crippen molar-refractivity contribution in [3.05, 3.63) is 57.0 Å². The molecule has 0 amide bonds. The Morgan fingerprint density at radius 2 is 1.72 bits per heavy atom. The van der Waals surface area contributed by atoms with E-state index >= 15 is 0 Å². The molecular weight excluding hydrogens is 412 g/mol. The summed E-state index contributed by atoms with van der Waals surface area (Å²) in [5.41, 5.74) is 0.308. The Bertz CT molecular complexity index is 791. The van der Waals surface area contributed by atoms with E-state index in [2.05, 4.69) is 15.9 Å². The molecule has 7 heteroatoms. The first kappa shape index (κ1) is 19.3. The van der Waals surface area contributed by atoms with Gasteiger partial charge in [-0.2, -0.15) is 0 Å². The molecule has 0 saturated carbocycles. The predicted molar refractivity (Wildman–Crippen MR) is 97.7 cm³/mol. The Balaban J connectivity index is 2.34. The molecule has 0 saturated heterocycles. The van der Waals surface area contributed by atoms with Crippen molar-refractivity contribution in [1.29, 1.82) is 0 Å². The molecule has 0 aromatic heterocycles. The van der Waals surface area contributed by atoms with Crippen LogP contribution in [0.25, 0.3) is 0 Å². The number of carbonyl (C=O) groups is 2. The van der Waals surface area contributed by atoms with Crippen molar-refractivity contribution >= 4 is 39.5 Å². The van der Waals surface area contributed by atoms with Crippen LogP contribution in [0.3, 0.4) is 0 Å². The number of benzene rings is 2. The van der Waals surface area contributed by atoms with Gasteiger partial charge in [-0.3, -0.25) is 0 Å². The van der Waals surface area contributed by atoms with Crippen LogP contribution in [0.2, 0.25) is 5.02 Å². The number of carbonyl (C=O) groups excluding carboxylic acids is 2. The highest BCUT2D eigenvalue weighted by atomic mass is 79.9. The summed E-state index contributed by atoms with van der Waals surface area (Å²) in [7, 11) is 1.24. The third kappa shape index (κ3) is 4.96. The minimum atomic E-state index is -0.653. The molecule has 132 valence electrons. The monoisotopic (exact) mass is 426 g/mol. The van der Waals surface area contributed by atoms with Crippen molar-refractivity contribution in [3.63, 3.8) is 0 Å². The van der Waals surface area contributed by atoms with Gasteiger partial charge in [-0.05, 0) is 42.8 Å². The molecule has 0 aliphatic carbocycles. The second-order valence-electron chi connectivity index (χ2n) is 5.01. The van der Waals surface area contributed by atoms with Crippen molar-refractivity contribution in [2.24, 2.45) is 0 Å². The van der Waals surface area contributed by atoms with Gasteiger partial charge in [0.2, 0.25) is 0 Å². The molecule has 2 rings (SSSR count). The normalized spacial score (nSPS) is 10.2. The van der Waals surface area contributed by atoms with Gasteiger partial charge in [0.1, 0.15) is 22.6 Å². The van der Waals surface area contributed by atoms with Crippen molar-refractivity contribution in [1.82, 2.24) is 0 Å². The molecule has 0 atom stereocenters. The second kappa shape index (κ2) is 8.87. The highest BCUT2D eigenvalue weighted by Gasteiger charge is 2.20. The Kier molecular flexibility index (Phi) is 6.84. The lowest BCUT2D eigenvalue weighted by Gasteiger charge is -2.13. The molecule has 0 radical (unpaired) electrons. The number of halogens is 2. The van der Waals surface area contributed by atoms with Gasteiger partial charge < -0.3 is 14.2 Å². The van der Waals surface area contributed by atoms with Gasteiger partial charge in [0.15, 0.2) is 0 Å². The van der Waals surface area contributed by atoms with Crippen LogP contribution in [0, 0.1) is 0 Å². The van der Waals surface area contributed by atoms with E-state index < -0.39 is 11.9 Å². The molecular formula is C18H16BrClO5. The largest absolute Gasteiger partial charge is 0.493 e. The number of hydrogen-bond acceptors (Lipinski definition) is 5. The zero-order valence-electron chi connectivity index (χ0n) is 13.7. The van der Waals surface area contributed by atoms with E-state index in [1.54, 1.807) is 18.2 Å². The zero-order valence-corrected chi connectivity index (χ0v) is 16.0. The number of methoxy groups -OCH3 is 1. The molecule has 0 unspecified atom stereocenters. The standard InChI is InChI=1S/C18H16BrClO5/c1-3-8-24-15-6-4-11(19)9-13(15)18(22)25-16-7-5-12(20)10-14(16)17(21)23-2/h4-7,9-10H,3,8H2,1-2H3. The number of rotatable bonds is 6. The first-order valence-electron chi connectivity index (χ1n) is 7.48. The molecule has 25 heavy (non-hydrogen) atoms. The van der Waals surface area contributed by atoms with Crippen LogP contribution in [-0.4, -0.2) is 25.7 Å². The molecule has 0 aliphatic rings. The van der Waals surface area contributed by atoms with Crippen LogP contribution in [0.4, 0.5) is 0 Å². The Labute approximate surface area is 159 Å². The van der Waals surface area contributed by atoms with Crippen LogP contribution >= 0.6 is 27.5 Å². The molecule has 2 aromatic carbocycles. The Morgan fingerprint density at radius 3 is 2.40 bits per heavy atom. The first-order chi connectivity index (χ1) is 12.0. The zero-order chi connectivity index (χ0) is 18.4. The highest BCUT2D eigenvalue weighted by Crippen LogP contribution is 2.28. The maximum Gasteiger partial charge on any atom is 0.347 e. The number of hydrogen-bond donors (Lipinski definition) is 0. The summed E-state index contributed by atoms with van der Waals surface area (Å²) in [6, 6.07) is 9.39. The smallest absolute Gasteiger partial charge is 0.347 e. The molecule has 0 N–H and O–H groups in total. The lowest BCUT2D eigenvalue weighted by Crippen LogP contribution is -2.14. The van der Waals surface area contributed by atoms with Gasteiger partial charge in [-0.25, -0.2) is 9.59 Å². The summed E-state index contributed by atoms with van der Waals surface area (Å²) >= 11 is 9.22. The van der Waals surface area contributed by atoms with E-state index in [1.165, 1.54) is 25.3 Å². The molecule has 0 heterocycles. The third-order valence-electron chi connectivity index (χ3n) is 3.17. The van der Waals surface area contributed by atoms with Crippen LogP contribution < -0.4 is 9.47 Å². The van der Waals surface area contributed by atoms with E-state index in [-0.39, 0.29) is 16.9 Å². The summed E-state index contributed by atoms with van der Waals surface area (Å²) in [5.74, 6) is -0.840. The average molecular weight is 428 g/mol. The van der Waals surface area contributed by atoms with E-state index in [9.17, 15) is 9.59 Å². The average Bonchev–Trinajstić information content (AvgIpc) is 2.61. The van der Waals surface area contributed by atoms with Gasteiger partial charge in [0, 0.05) is 9.50 Å². The fourth-order valence-electron chi connectivity index (χ4n) is 2.02. The third-order valence-corrected chi connectivity index (χ3v) is 3.90. The van der Waals surface area contributed by atoms with Crippen LogP contribution in [0.1, 0.15) is 34.1 Å². The van der Waals surface area contributed by atoms with Gasteiger partial charge in [-0.15, -0.1) is 0 Å². The maximum atomic E-state index is 12.6. The highest BCUT2D eigenvalue weighted by molar-refractivity contribution is 9.10. The Hall–Kier alpha value is -2.05. The fraction of sp³-hybridized carbons (Fsp3) is 0.222. The van der Waals surface area contributed by atoms with Gasteiger partial charge in [0.05, 0.1) is 13.7 Å². The van der Waals surface area contributed by atoms with Crippen LogP contribution in [-0.2, 0) is 4.74 Å². The Morgan fingerprint density at radius 1 is 1.04 bits per heavy atom. The maximum absolute atomic E-state index is 12.6. The fourth-order valence-corrected chi connectivity index (χ4v) is 2.55. The summed E-state index contributed by atoms with van der Waals surface area (Å²) in [5, 5.41) is 0.328. The van der Waals surface area contributed by atoms with Crippen molar-refractivity contribution in [2.45, 2.75) is 13.3 Å². The van der Waals surface area contributed by atoms with Gasteiger partial charge >= 0.3 is 11.9 Å². The molecule has 0 aliphatic heterocycles. The van der Waals surface area contributed by atoms with E-state index in [4.69, 9.17) is 25.8 Å². The van der Waals surface area contributed by atoms with Crippen LogP contribution in [0.15, 0.2) is 40.9 Å². The van der Waals surface area contributed by atoms with Gasteiger partial charge in [0.25, 0.3) is 0 Å². The number of esters is 2. The minimum absolute atomic E-state index is 0.0580. The summed E-state index contributed by atoms with van der Waals surface area (Å²) in [6.07, 6.45) is 0.800. The van der Waals surface area contributed by atoms with E-state index in [0.29, 0.717) is 21.9 Å². The molecule has 0 fully saturated rings. The molecule has 2 aromatic rings. The number of ether oxygens (including phenoxy) is 3. The van der Waals surface area contributed by atoms with Crippen molar-refractivity contribution < 1.29 is 23.8 Å². The molecule has 5 nitrogen and oxygen atoms in total. The van der Waals surface area contributed by atoms with Gasteiger partial charge in [-0.1, -0.05) is 34.5 Å². The second-order valence-corrected chi connectivity index (χ2v) is 6.36. The summed E-state index contributed by atoms with van der Waals surface area (Å²) in [4.78, 5) is 24.5. The lowest BCUT2D eigenvalue weighted by atomic mass is 10.2. The topological polar surface area (TPSA) is 61.8 Å². The van der Waals surface area contributed by atoms with E-state index in [1.807, 2.05) is 6.92 Å². The molecule has 0 spiro atoms. The minimum Gasteiger partial charge on any atom is -0.493 e. The van der Waals surface area contributed by atoms with Crippen LogP contribution in [0.5, 0.6) is 11.5 Å². The van der Waals surface area contributed by atoms with E-state index in [0.717, 1.165) is 6.42 Å². The lowest BCUT2D eigenvalue weighted by molar-refractivity contribution is 0.0593. The molecule has 0 bridgehead atoms. The predicted octanol–water partition coefficient (Wildman–Crippen LogP) is 4.90. The SMILES string of the molecule is CCCOc1ccc(Br)cc1C(=O)Oc1ccc(Cl)cc1C(=O)OC.